The first kappa shape index (κ1) is 18.5. The summed E-state index contributed by atoms with van der Waals surface area (Å²) in [6, 6.07) is 9.50. The van der Waals surface area contributed by atoms with Gasteiger partial charge in [-0.25, -0.2) is 0 Å². The fraction of sp³-hybridized carbons (Fsp3) is 0.421. The van der Waals surface area contributed by atoms with Gasteiger partial charge in [0.1, 0.15) is 0 Å². The van der Waals surface area contributed by atoms with Crippen LogP contribution in [0.15, 0.2) is 42.7 Å². The highest BCUT2D eigenvalue weighted by atomic mass is 35.5. The summed E-state index contributed by atoms with van der Waals surface area (Å²) in [5.74, 6) is -0.00348. The molecular formula is C19H23ClN4O2. The van der Waals surface area contributed by atoms with Gasteiger partial charge in [0.25, 0.3) is 0 Å². The third-order valence-corrected chi connectivity index (χ3v) is 4.91. The lowest BCUT2D eigenvalue weighted by Crippen LogP contribution is -2.46. The van der Waals surface area contributed by atoms with Crippen molar-refractivity contribution in [3.8, 4) is 0 Å². The molecule has 1 saturated heterocycles. The van der Waals surface area contributed by atoms with E-state index in [0.29, 0.717) is 44.0 Å². The predicted molar refractivity (Wildman–Crippen MR) is 99.7 cm³/mol. The summed E-state index contributed by atoms with van der Waals surface area (Å²) in [6.07, 6.45) is 5.38. The first-order valence-corrected chi connectivity index (χ1v) is 9.27. The Kier molecular flexibility index (Phi) is 6.28. The van der Waals surface area contributed by atoms with Crippen LogP contribution < -0.4 is 5.32 Å². The number of carbonyl (C=O) groups excluding carboxylic acids is 2. The van der Waals surface area contributed by atoms with Crippen molar-refractivity contribution in [2.75, 3.05) is 19.6 Å². The van der Waals surface area contributed by atoms with Gasteiger partial charge in [-0.15, -0.1) is 0 Å². The number of nitrogens with zero attached hydrogens (tertiary/aromatic N) is 3. The minimum atomic E-state index is -0.143. The van der Waals surface area contributed by atoms with Crippen LogP contribution in [0.3, 0.4) is 0 Å². The van der Waals surface area contributed by atoms with Crippen LogP contribution in [0.5, 0.6) is 0 Å². The molecule has 2 aromatic rings. The van der Waals surface area contributed by atoms with Crippen LogP contribution in [0.1, 0.15) is 18.4 Å². The van der Waals surface area contributed by atoms with E-state index < -0.39 is 0 Å². The van der Waals surface area contributed by atoms with E-state index in [2.05, 4.69) is 10.4 Å². The zero-order valence-electron chi connectivity index (χ0n) is 14.6. The van der Waals surface area contributed by atoms with Crippen molar-refractivity contribution in [2.45, 2.75) is 25.8 Å². The normalized spacial score (nSPS) is 17.3. The number of hydrogen-bond acceptors (Lipinski definition) is 3. The number of rotatable bonds is 7. The highest BCUT2D eigenvalue weighted by molar-refractivity contribution is 6.30. The minimum Gasteiger partial charge on any atom is -0.354 e. The average Bonchev–Trinajstić information content (AvgIpc) is 3.16. The number of aromatic nitrogens is 2. The maximum absolute atomic E-state index is 12.4. The van der Waals surface area contributed by atoms with Crippen molar-refractivity contribution in [3.05, 3.63) is 53.3 Å². The number of piperidine rings is 1. The Hall–Kier alpha value is -2.34. The zero-order valence-corrected chi connectivity index (χ0v) is 15.4. The second kappa shape index (κ2) is 8.85. The Bertz CT molecular complexity index is 731. The molecule has 0 radical (unpaired) electrons. The molecule has 1 fully saturated rings. The molecule has 1 atom stereocenters. The van der Waals surface area contributed by atoms with Gasteiger partial charge >= 0.3 is 0 Å². The van der Waals surface area contributed by atoms with Crippen LogP contribution in [0.4, 0.5) is 0 Å². The Morgan fingerprint density at radius 1 is 1.27 bits per heavy atom. The lowest BCUT2D eigenvalue weighted by Gasteiger charge is -2.32. The Balaban J connectivity index is 1.46. The van der Waals surface area contributed by atoms with Crippen LogP contribution in [-0.2, 0) is 22.6 Å². The Morgan fingerprint density at radius 3 is 2.81 bits per heavy atom. The molecule has 0 bridgehead atoms. The zero-order chi connectivity index (χ0) is 18.4. The standard InChI is InChI=1S/C19H23ClN4O2/c20-17-5-2-15(3-6-17)8-12-23-14-16(4-7-18(23)25)19(26)21-10-13-24-11-1-9-22-24/h1-3,5-6,9,11,16H,4,7-8,10,12-14H2,(H,21,26)/t16-/m0/s1. The van der Waals surface area contributed by atoms with Crippen molar-refractivity contribution in [1.82, 2.24) is 20.0 Å². The van der Waals surface area contributed by atoms with E-state index in [-0.39, 0.29) is 17.7 Å². The quantitative estimate of drug-likeness (QED) is 0.807. The van der Waals surface area contributed by atoms with E-state index in [9.17, 15) is 9.59 Å². The topological polar surface area (TPSA) is 67.2 Å². The predicted octanol–water partition coefficient (Wildman–Crippen LogP) is 2.13. The number of carbonyl (C=O) groups is 2. The van der Waals surface area contributed by atoms with Crippen LogP contribution in [0, 0.1) is 5.92 Å². The minimum absolute atomic E-state index is 0.0150. The third kappa shape index (κ3) is 5.08. The first-order chi connectivity index (χ1) is 12.6. The maximum atomic E-state index is 12.4. The summed E-state index contributed by atoms with van der Waals surface area (Å²) >= 11 is 5.90. The van der Waals surface area contributed by atoms with Crippen molar-refractivity contribution >= 4 is 23.4 Å². The SMILES string of the molecule is O=C(NCCn1cccn1)[C@H]1CCC(=O)N(CCc2ccc(Cl)cc2)C1. The number of amides is 2. The molecule has 0 aliphatic carbocycles. The number of nitrogens with one attached hydrogen (secondary N) is 1. The highest BCUT2D eigenvalue weighted by Gasteiger charge is 2.29. The molecule has 3 rings (SSSR count). The number of likely N-dealkylation sites (tertiary alicyclic amines) is 1. The lowest BCUT2D eigenvalue weighted by atomic mass is 9.96. The summed E-state index contributed by atoms with van der Waals surface area (Å²) in [5, 5.41) is 7.77. The summed E-state index contributed by atoms with van der Waals surface area (Å²) in [6.45, 7) is 2.29. The maximum Gasteiger partial charge on any atom is 0.224 e. The molecule has 1 aromatic heterocycles. The average molecular weight is 375 g/mol. The number of halogens is 1. The monoisotopic (exact) mass is 374 g/mol. The van der Waals surface area contributed by atoms with Gasteiger partial charge in [0, 0.05) is 43.5 Å². The fourth-order valence-corrected chi connectivity index (χ4v) is 3.26. The van der Waals surface area contributed by atoms with E-state index in [4.69, 9.17) is 11.6 Å². The van der Waals surface area contributed by atoms with E-state index in [1.54, 1.807) is 15.8 Å². The van der Waals surface area contributed by atoms with Crippen LogP contribution in [0.25, 0.3) is 0 Å². The van der Waals surface area contributed by atoms with Crippen molar-refractivity contribution in [1.29, 1.82) is 0 Å². The van der Waals surface area contributed by atoms with Gasteiger partial charge in [0.05, 0.1) is 12.5 Å². The number of benzene rings is 1. The fourth-order valence-electron chi connectivity index (χ4n) is 3.13. The second-order valence-electron chi connectivity index (χ2n) is 6.51. The first-order valence-electron chi connectivity index (χ1n) is 8.89. The van der Waals surface area contributed by atoms with Crippen LogP contribution >= 0.6 is 11.6 Å². The molecule has 2 heterocycles. The summed E-state index contributed by atoms with van der Waals surface area (Å²) in [7, 11) is 0. The second-order valence-corrected chi connectivity index (χ2v) is 6.95. The van der Waals surface area contributed by atoms with Gasteiger partial charge in [-0.3, -0.25) is 14.3 Å². The summed E-state index contributed by atoms with van der Waals surface area (Å²) in [5.41, 5.74) is 1.13. The van der Waals surface area contributed by atoms with E-state index in [1.165, 1.54) is 0 Å². The molecule has 1 aromatic carbocycles. The van der Waals surface area contributed by atoms with Gasteiger partial charge in [-0.05, 0) is 36.6 Å². The summed E-state index contributed by atoms with van der Waals surface area (Å²) in [4.78, 5) is 26.4. The van der Waals surface area contributed by atoms with Gasteiger partial charge < -0.3 is 10.2 Å². The Labute approximate surface area is 158 Å². The van der Waals surface area contributed by atoms with Gasteiger partial charge in [-0.1, -0.05) is 23.7 Å². The summed E-state index contributed by atoms with van der Waals surface area (Å²) < 4.78 is 1.78. The largest absolute Gasteiger partial charge is 0.354 e. The molecule has 1 N–H and O–H groups in total. The molecule has 0 unspecified atom stereocenters. The lowest BCUT2D eigenvalue weighted by molar-refractivity contribution is -0.138. The van der Waals surface area contributed by atoms with Gasteiger partial charge in [0.15, 0.2) is 0 Å². The highest BCUT2D eigenvalue weighted by Crippen LogP contribution is 2.19. The van der Waals surface area contributed by atoms with E-state index in [1.807, 2.05) is 36.5 Å². The van der Waals surface area contributed by atoms with Crippen molar-refractivity contribution in [2.24, 2.45) is 5.92 Å². The van der Waals surface area contributed by atoms with Gasteiger partial charge in [0.2, 0.25) is 11.8 Å². The molecular weight excluding hydrogens is 352 g/mol. The van der Waals surface area contributed by atoms with Gasteiger partial charge in [-0.2, -0.15) is 5.10 Å². The van der Waals surface area contributed by atoms with Crippen molar-refractivity contribution in [3.63, 3.8) is 0 Å². The molecule has 2 amide bonds. The third-order valence-electron chi connectivity index (χ3n) is 4.65. The molecule has 0 saturated carbocycles. The molecule has 138 valence electrons. The molecule has 0 spiro atoms. The molecule has 26 heavy (non-hydrogen) atoms. The van der Waals surface area contributed by atoms with E-state index in [0.717, 1.165) is 12.0 Å². The number of hydrogen-bond donors (Lipinski definition) is 1. The molecule has 1 aliphatic rings. The molecule has 1 aliphatic heterocycles. The van der Waals surface area contributed by atoms with Crippen LogP contribution in [0.2, 0.25) is 5.02 Å². The molecule has 6 nitrogen and oxygen atoms in total. The smallest absolute Gasteiger partial charge is 0.224 e. The van der Waals surface area contributed by atoms with E-state index >= 15 is 0 Å². The van der Waals surface area contributed by atoms with Crippen LogP contribution in [-0.4, -0.2) is 46.1 Å². The van der Waals surface area contributed by atoms with Crippen molar-refractivity contribution < 1.29 is 9.59 Å². The molecule has 7 heteroatoms. The Morgan fingerprint density at radius 2 is 2.08 bits per heavy atom.